The molecule has 1 aromatic rings. The second-order valence-corrected chi connectivity index (χ2v) is 11.5. The third kappa shape index (κ3) is 5.20. The van der Waals surface area contributed by atoms with E-state index in [1.165, 1.54) is 4.31 Å². The summed E-state index contributed by atoms with van der Waals surface area (Å²) in [6.45, 7) is 1.54. The van der Waals surface area contributed by atoms with E-state index in [-0.39, 0.29) is 42.1 Å². The number of rotatable bonds is 6. The molecule has 2 aliphatic carbocycles. The number of allylic oxidation sites excluding steroid dienone is 4. The quantitative estimate of drug-likeness (QED) is 0.656. The molecule has 3 aliphatic rings. The van der Waals surface area contributed by atoms with Crippen LogP contribution in [0.2, 0.25) is 0 Å². The number of aliphatic hydroxyl groups is 1. The zero-order chi connectivity index (χ0) is 23.8. The van der Waals surface area contributed by atoms with Gasteiger partial charge in [-0.1, -0.05) is 24.3 Å². The molecule has 2 unspecified atom stereocenters. The SMILES string of the molecule is CC1CC[C@H](C2C=CC=CC2)S(=O)(=O)N1Cc1cc(F)c(CC(=O)N[C@H]2C[C@@H](O)C2)cc1F. The zero-order valence-electron chi connectivity index (χ0n) is 18.6. The van der Waals surface area contributed by atoms with Crippen LogP contribution in [0.3, 0.4) is 0 Å². The molecule has 1 aromatic carbocycles. The van der Waals surface area contributed by atoms with E-state index in [0.717, 1.165) is 12.1 Å². The van der Waals surface area contributed by atoms with E-state index in [0.29, 0.717) is 32.1 Å². The minimum atomic E-state index is -3.71. The van der Waals surface area contributed by atoms with Crippen LogP contribution in [0.15, 0.2) is 36.4 Å². The van der Waals surface area contributed by atoms with Crippen LogP contribution in [-0.4, -0.2) is 47.2 Å². The Balaban J connectivity index is 1.48. The molecule has 6 nitrogen and oxygen atoms in total. The highest BCUT2D eigenvalue weighted by molar-refractivity contribution is 7.89. The maximum absolute atomic E-state index is 14.9. The van der Waals surface area contributed by atoms with Gasteiger partial charge in [0.1, 0.15) is 11.6 Å². The van der Waals surface area contributed by atoms with Crippen LogP contribution in [0.1, 0.15) is 50.2 Å². The Bertz CT molecular complexity index is 1070. The van der Waals surface area contributed by atoms with Gasteiger partial charge in [-0.2, -0.15) is 4.31 Å². The second-order valence-electron chi connectivity index (χ2n) is 9.37. The molecule has 1 saturated carbocycles. The molecule has 0 spiro atoms. The number of aliphatic hydroxyl groups excluding tert-OH is 1. The fourth-order valence-corrected chi connectivity index (χ4v) is 7.24. The lowest BCUT2D eigenvalue weighted by molar-refractivity contribution is -0.122. The summed E-state index contributed by atoms with van der Waals surface area (Å²) in [7, 11) is -3.71. The predicted molar refractivity (Wildman–Crippen MR) is 121 cm³/mol. The predicted octanol–water partition coefficient (Wildman–Crippen LogP) is 2.96. The van der Waals surface area contributed by atoms with Crippen LogP contribution < -0.4 is 5.32 Å². The lowest BCUT2D eigenvalue weighted by Crippen LogP contribution is -2.50. The molecule has 180 valence electrons. The summed E-state index contributed by atoms with van der Waals surface area (Å²) in [5.41, 5.74) is -0.130. The molecule has 3 atom stereocenters. The van der Waals surface area contributed by atoms with Crippen molar-refractivity contribution in [2.75, 3.05) is 0 Å². The van der Waals surface area contributed by atoms with Crippen LogP contribution in [0.5, 0.6) is 0 Å². The van der Waals surface area contributed by atoms with Gasteiger partial charge in [-0.05, 0) is 57.1 Å². The molecule has 1 heterocycles. The average molecular weight is 481 g/mol. The second kappa shape index (κ2) is 9.64. The van der Waals surface area contributed by atoms with Gasteiger partial charge in [0, 0.05) is 29.8 Å². The number of halogens is 2. The van der Waals surface area contributed by atoms with Crippen molar-refractivity contribution in [3.8, 4) is 0 Å². The van der Waals surface area contributed by atoms with Crippen molar-refractivity contribution in [1.29, 1.82) is 0 Å². The Morgan fingerprint density at radius 1 is 1.15 bits per heavy atom. The molecular formula is C24H30F2N2O4S. The number of amides is 1. The van der Waals surface area contributed by atoms with Crippen LogP contribution in [0.4, 0.5) is 8.78 Å². The summed E-state index contributed by atoms with van der Waals surface area (Å²) in [6, 6.07) is 1.51. The highest BCUT2D eigenvalue weighted by Crippen LogP contribution is 2.35. The minimum absolute atomic E-state index is 0.0473. The van der Waals surface area contributed by atoms with Gasteiger partial charge in [0.25, 0.3) is 0 Å². The monoisotopic (exact) mass is 480 g/mol. The topological polar surface area (TPSA) is 86.7 Å². The van der Waals surface area contributed by atoms with Crippen molar-refractivity contribution in [2.24, 2.45) is 5.92 Å². The van der Waals surface area contributed by atoms with Crippen molar-refractivity contribution in [1.82, 2.24) is 9.62 Å². The van der Waals surface area contributed by atoms with Crippen LogP contribution >= 0.6 is 0 Å². The summed E-state index contributed by atoms with van der Waals surface area (Å²) in [4.78, 5) is 12.1. The molecule has 0 aromatic heterocycles. The van der Waals surface area contributed by atoms with Gasteiger partial charge in [-0.3, -0.25) is 4.79 Å². The number of benzene rings is 1. The first-order valence-electron chi connectivity index (χ1n) is 11.4. The molecule has 0 radical (unpaired) electrons. The van der Waals surface area contributed by atoms with Crippen molar-refractivity contribution >= 4 is 15.9 Å². The molecule has 2 fully saturated rings. The normalized spacial score (nSPS) is 31.2. The van der Waals surface area contributed by atoms with Gasteiger partial charge in [-0.25, -0.2) is 17.2 Å². The molecule has 1 aliphatic heterocycles. The molecular weight excluding hydrogens is 450 g/mol. The largest absolute Gasteiger partial charge is 0.393 e. The maximum atomic E-state index is 14.9. The summed E-state index contributed by atoms with van der Waals surface area (Å²) >= 11 is 0. The Morgan fingerprint density at radius 2 is 1.85 bits per heavy atom. The average Bonchev–Trinajstić information content (AvgIpc) is 2.73. The van der Waals surface area contributed by atoms with Gasteiger partial charge in [0.05, 0.1) is 17.8 Å². The minimum Gasteiger partial charge on any atom is -0.393 e. The van der Waals surface area contributed by atoms with Gasteiger partial charge >= 0.3 is 0 Å². The van der Waals surface area contributed by atoms with E-state index >= 15 is 0 Å². The van der Waals surface area contributed by atoms with E-state index in [9.17, 15) is 27.1 Å². The van der Waals surface area contributed by atoms with Crippen molar-refractivity contribution in [3.63, 3.8) is 0 Å². The van der Waals surface area contributed by atoms with E-state index in [1.54, 1.807) is 6.92 Å². The van der Waals surface area contributed by atoms with Gasteiger partial charge in [0.2, 0.25) is 15.9 Å². The Morgan fingerprint density at radius 3 is 2.52 bits per heavy atom. The summed E-state index contributed by atoms with van der Waals surface area (Å²) in [5.74, 6) is -2.05. The molecule has 1 saturated heterocycles. The molecule has 33 heavy (non-hydrogen) atoms. The maximum Gasteiger partial charge on any atom is 0.224 e. The molecule has 9 heteroatoms. The third-order valence-electron chi connectivity index (χ3n) is 6.93. The van der Waals surface area contributed by atoms with Crippen LogP contribution in [0, 0.1) is 17.6 Å². The lowest BCUT2D eigenvalue weighted by Gasteiger charge is -2.40. The Hall–Kier alpha value is -2.10. The van der Waals surface area contributed by atoms with E-state index in [4.69, 9.17) is 0 Å². The van der Waals surface area contributed by atoms with Gasteiger partial charge in [-0.15, -0.1) is 0 Å². The summed E-state index contributed by atoms with van der Waals surface area (Å²) in [5, 5.41) is 11.4. The molecule has 1 amide bonds. The number of hydrogen-bond acceptors (Lipinski definition) is 4. The Labute approximate surface area is 193 Å². The van der Waals surface area contributed by atoms with E-state index < -0.39 is 38.9 Å². The third-order valence-corrected chi connectivity index (χ3v) is 9.43. The summed E-state index contributed by atoms with van der Waals surface area (Å²) in [6.07, 6.45) is 9.57. The zero-order valence-corrected chi connectivity index (χ0v) is 19.4. The smallest absolute Gasteiger partial charge is 0.224 e. The number of nitrogens with zero attached hydrogens (tertiary/aromatic N) is 1. The highest BCUT2D eigenvalue weighted by Gasteiger charge is 2.43. The van der Waals surface area contributed by atoms with E-state index in [1.807, 2.05) is 24.3 Å². The van der Waals surface area contributed by atoms with Crippen molar-refractivity contribution in [2.45, 2.75) is 75.4 Å². The number of hydrogen-bond donors (Lipinski definition) is 2. The number of carbonyl (C=O) groups excluding carboxylic acids is 1. The first-order chi connectivity index (χ1) is 15.6. The summed E-state index contributed by atoms with van der Waals surface area (Å²) < 4.78 is 57.7. The van der Waals surface area contributed by atoms with Crippen molar-refractivity contribution < 1.29 is 27.1 Å². The first kappa shape index (κ1) is 24.0. The fourth-order valence-electron chi connectivity index (χ4n) is 4.89. The van der Waals surface area contributed by atoms with Crippen molar-refractivity contribution in [3.05, 3.63) is 59.2 Å². The molecule has 2 N–H and O–H groups in total. The highest BCUT2D eigenvalue weighted by atomic mass is 32.2. The van der Waals surface area contributed by atoms with Gasteiger partial charge < -0.3 is 10.4 Å². The number of nitrogens with one attached hydrogen (secondary N) is 1. The Kier molecular flexibility index (Phi) is 7.02. The van der Waals surface area contributed by atoms with Crippen LogP contribution in [0.25, 0.3) is 0 Å². The van der Waals surface area contributed by atoms with Crippen LogP contribution in [-0.2, 0) is 27.8 Å². The first-order valence-corrected chi connectivity index (χ1v) is 12.9. The lowest BCUT2D eigenvalue weighted by atomic mass is 9.89. The molecule has 4 rings (SSSR count). The standard InChI is InChI=1S/C24H30F2N2O4S/c1-15-7-8-23(16-5-3-2-4-6-16)33(31,32)28(15)14-18-10-21(25)17(9-22(18)26)11-24(30)27-19-12-20(29)13-19/h2-5,9-10,15-16,19-20,23,29H,6-8,11-14H2,1H3,(H,27,30)/t15?,16?,19-,20+,23-/m1/s1. The van der Waals surface area contributed by atoms with E-state index in [2.05, 4.69) is 5.32 Å². The van der Waals surface area contributed by atoms with Gasteiger partial charge in [0.15, 0.2) is 0 Å². The number of carbonyl (C=O) groups is 1. The number of sulfonamides is 1. The fraction of sp³-hybridized carbons (Fsp3) is 0.542. The molecule has 0 bridgehead atoms.